The van der Waals surface area contributed by atoms with Crippen molar-refractivity contribution in [3.05, 3.63) is 0 Å². The highest BCUT2D eigenvalue weighted by Crippen LogP contribution is 2.40. The van der Waals surface area contributed by atoms with Crippen molar-refractivity contribution in [2.45, 2.75) is 104 Å². The largest absolute Gasteiger partial charge is 0.378 e. The molecule has 1 unspecified atom stereocenters. The summed E-state index contributed by atoms with van der Waals surface area (Å²) in [7, 11) is 0. The average Bonchev–Trinajstić information content (AvgIpc) is 2.54. The molecule has 130 valence electrons. The van der Waals surface area contributed by atoms with Crippen molar-refractivity contribution >= 4 is 0 Å². The number of ether oxygens (including phenoxy) is 1. The lowest BCUT2D eigenvalue weighted by atomic mass is 9.72. The molecule has 1 atom stereocenters. The Kier molecular flexibility index (Phi) is 7.25. The predicted molar refractivity (Wildman–Crippen MR) is 96.1 cm³/mol. The van der Waals surface area contributed by atoms with Crippen molar-refractivity contribution in [1.82, 2.24) is 0 Å². The van der Waals surface area contributed by atoms with Gasteiger partial charge in [-0.2, -0.15) is 0 Å². The molecule has 0 aromatic carbocycles. The number of hydrogen-bond donors (Lipinski definition) is 0. The summed E-state index contributed by atoms with van der Waals surface area (Å²) in [6.07, 6.45) is 16.1. The maximum Gasteiger partial charge on any atom is 0.0575 e. The first kappa shape index (κ1) is 18.3. The Labute approximate surface area is 139 Å². The second-order valence-corrected chi connectivity index (χ2v) is 8.80. The number of rotatable bonds is 7. The van der Waals surface area contributed by atoms with Crippen molar-refractivity contribution in [2.24, 2.45) is 23.2 Å². The van der Waals surface area contributed by atoms with Gasteiger partial charge in [0.25, 0.3) is 0 Å². The molecule has 0 aromatic heterocycles. The fourth-order valence-electron chi connectivity index (χ4n) is 4.74. The van der Waals surface area contributed by atoms with E-state index in [4.69, 9.17) is 4.74 Å². The van der Waals surface area contributed by atoms with Crippen LogP contribution in [0.4, 0.5) is 0 Å². The molecule has 2 aliphatic rings. The van der Waals surface area contributed by atoms with Crippen LogP contribution in [0.2, 0.25) is 0 Å². The van der Waals surface area contributed by atoms with Gasteiger partial charge in [-0.1, -0.05) is 66.2 Å². The van der Waals surface area contributed by atoms with Crippen molar-refractivity contribution < 1.29 is 4.74 Å². The zero-order valence-corrected chi connectivity index (χ0v) is 15.7. The molecular formula is C21H40O. The van der Waals surface area contributed by atoms with E-state index in [0.717, 1.165) is 18.4 Å². The summed E-state index contributed by atoms with van der Waals surface area (Å²) in [4.78, 5) is 0. The smallest absolute Gasteiger partial charge is 0.0575 e. The minimum absolute atomic E-state index is 0.370. The van der Waals surface area contributed by atoms with Gasteiger partial charge in [0, 0.05) is 0 Å². The highest BCUT2D eigenvalue weighted by Gasteiger charge is 2.32. The molecule has 2 aliphatic carbocycles. The van der Waals surface area contributed by atoms with E-state index in [-0.39, 0.29) is 0 Å². The van der Waals surface area contributed by atoms with Gasteiger partial charge in [-0.3, -0.25) is 0 Å². The molecule has 0 bridgehead atoms. The molecule has 22 heavy (non-hydrogen) atoms. The third kappa shape index (κ3) is 4.98. The van der Waals surface area contributed by atoms with Crippen LogP contribution >= 0.6 is 0 Å². The summed E-state index contributed by atoms with van der Waals surface area (Å²) in [5.41, 5.74) is 0.370. The van der Waals surface area contributed by atoms with Crippen LogP contribution in [0.1, 0.15) is 98.3 Å². The van der Waals surface area contributed by atoms with Gasteiger partial charge in [-0.15, -0.1) is 0 Å². The van der Waals surface area contributed by atoms with E-state index in [2.05, 4.69) is 27.7 Å². The second kappa shape index (κ2) is 8.71. The second-order valence-electron chi connectivity index (χ2n) is 8.80. The first-order chi connectivity index (χ1) is 10.5. The molecule has 2 rings (SSSR count). The zero-order chi connectivity index (χ0) is 16.0. The van der Waals surface area contributed by atoms with E-state index < -0.39 is 0 Å². The molecule has 0 heterocycles. The molecule has 0 amide bonds. The fraction of sp³-hybridized carbons (Fsp3) is 1.00. The first-order valence-electron chi connectivity index (χ1n) is 10.2. The molecule has 0 saturated heterocycles. The van der Waals surface area contributed by atoms with Gasteiger partial charge in [0.1, 0.15) is 0 Å². The summed E-state index contributed by atoms with van der Waals surface area (Å²) in [5, 5.41) is 0. The van der Waals surface area contributed by atoms with Crippen LogP contribution in [-0.4, -0.2) is 12.7 Å². The summed E-state index contributed by atoms with van der Waals surface area (Å²) >= 11 is 0. The monoisotopic (exact) mass is 308 g/mol. The molecule has 1 nitrogen and oxygen atoms in total. The van der Waals surface area contributed by atoms with E-state index in [0.29, 0.717) is 17.4 Å². The van der Waals surface area contributed by atoms with Crippen LogP contribution in [0.15, 0.2) is 0 Å². The van der Waals surface area contributed by atoms with Crippen molar-refractivity contribution in [1.29, 1.82) is 0 Å². The molecule has 0 radical (unpaired) electrons. The third-order valence-electron chi connectivity index (χ3n) is 6.90. The molecule has 0 aromatic rings. The fourth-order valence-corrected chi connectivity index (χ4v) is 4.74. The van der Waals surface area contributed by atoms with Crippen LogP contribution < -0.4 is 0 Å². The summed E-state index contributed by atoms with van der Waals surface area (Å²) in [6.45, 7) is 10.4. The molecule has 2 fully saturated rings. The maximum atomic E-state index is 6.40. The van der Waals surface area contributed by atoms with E-state index in [1.165, 1.54) is 70.6 Å². The van der Waals surface area contributed by atoms with Crippen LogP contribution in [0.25, 0.3) is 0 Å². The lowest BCUT2D eigenvalue weighted by Crippen LogP contribution is -2.34. The predicted octanol–water partition coefficient (Wildman–Crippen LogP) is 6.60. The van der Waals surface area contributed by atoms with Gasteiger partial charge < -0.3 is 4.74 Å². The highest BCUT2D eigenvalue weighted by atomic mass is 16.5. The first-order valence-corrected chi connectivity index (χ1v) is 10.2. The average molecular weight is 309 g/mol. The van der Waals surface area contributed by atoms with Crippen molar-refractivity contribution in [3.63, 3.8) is 0 Å². The van der Waals surface area contributed by atoms with Gasteiger partial charge >= 0.3 is 0 Å². The Morgan fingerprint density at radius 2 is 1.50 bits per heavy atom. The van der Waals surface area contributed by atoms with Gasteiger partial charge in [0.2, 0.25) is 0 Å². The Hall–Kier alpha value is -0.0400. The Morgan fingerprint density at radius 3 is 2.05 bits per heavy atom. The Morgan fingerprint density at radius 1 is 0.909 bits per heavy atom. The Bertz CT molecular complexity index is 297. The lowest BCUT2D eigenvalue weighted by Gasteiger charge is -2.38. The standard InChI is InChI=1S/C21H40O/c1-5-15-21(4,17(2)3)16-22-20-13-11-19(12-14-20)18-9-7-6-8-10-18/h17-20H,5-16H2,1-4H3. The van der Waals surface area contributed by atoms with E-state index >= 15 is 0 Å². The van der Waals surface area contributed by atoms with E-state index in [1.807, 2.05) is 0 Å². The normalized spacial score (nSPS) is 30.4. The molecular weight excluding hydrogens is 268 g/mol. The van der Waals surface area contributed by atoms with Crippen molar-refractivity contribution in [3.8, 4) is 0 Å². The molecule has 2 saturated carbocycles. The zero-order valence-electron chi connectivity index (χ0n) is 15.7. The van der Waals surface area contributed by atoms with Crippen LogP contribution in [0.5, 0.6) is 0 Å². The summed E-state index contributed by atoms with van der Waals surface area (Å²) in [5.74, 6) is 2.79. The van der Waals surface area contributed by atoms with Gasteiger partial charge in [0.05, 0.1) is 12.7 Å². The van der Waals surface area contributed by atoms with Gasteiger partial charge in [-0.05, 0) is 55.3 Å². The van der Waals surface area contributed by atoms with Gasteiger partial charge in [0.15, 0.2) is 0 Å². The lowest BCUT2D eigenvalue weighted by molar-refractivity contribution is -0.0483. The minimum atomic E-state index is 0.370. The third-order valence-corrected chi connectivity index (χ3v) is 6.90. The van der Waals surface area contributed by atoms with Crippen LogP contribution in [-0.2, 0) is 4.74 Å². The molecule has 1 heteroatoms. The SMILES string of the molecule is CCCC(C)(COC1CCC(C2CCCCC2)CC1)C(C)C. The molecule has 0 aliphatic heterocycles. The molecule has 0 spiro atoms. The highest BCUT2D eigenvalue weighted by molar-refractivity contribution is 4.82. The van der Waals surface area contributed by atoms with E-state index in [9.17, 15) is 0 Å². The molecule has 0 N–H and O–H groups in total. The minimum Gasteiger partial charge on any atom is -0.378 e. The topological polar surface area (TPSA) is 9.23 Å². The van der Waals surface area contributed by atoms with Gasteiger partial charge in [-0.25, -0.2) is 0 Å². The van der Waals surface area contributed by atoms with Crippen LogP contribution in [0.3, 0.4) is 0 Å². The van der Waals surface area contributed by atoms with E-state index in [1.54, 1.807) is 0 Å². The van der Waals surface area contributed by atoms with Crippen molar-refractivity contribution in [2.75, 3.05) is 6.61 Å². The summed E-state index contributed by atoms with van der Waals surface area (Å²) in [6, 6.07) is 0. The summed E-state index contributed by atoms with van der Waals surface area (Å²) < 4.78 is 6.40. The quantitative estimate of drug-likeness (QED) is 0.514. The number of hydrogen-bond acceptors (Lipinski definition) is 1. The Balaban J connectivity index is 1.72. The van der Waals surface area contributed by atoms with Crippen LogP contribution in [0, 0.1) is 23.2 Å². The maximum absolute atomic E-state index is 6.40.